The molecule has 0 bridgehead atoms. The van der Waals surface area contributed by atoms with Crippen LogP contribution in [0.5, 0.6) is 5.75 Å². The molecule has 0 amide bonds. The molecule has 3 aromatic rings. The van der Waals surface area contributed by atoms with Gasteiger partial charge < -0.3 is 4.74 Å². The average Bonchev–Trinajstić information content (AvgIpc) is 2.84. The fourth-order valence-electron chi connectivity index (χ4n) is 4.36. The van der Waals surface area contributed by atoms with Gasteiger partial charge in [0.2, 0.25) is 0 Å². The molecule has 0 N–H and O–H groups in total. The Morgan fingerprint density at radius 1 is 1.00 bits per heavy atom. The Morgan fingerprint density at radius 2 is 1.79 bits per heavy atom. The van der Waals surface area contributed by atoms with Crippen molar-refractivity contribution in [3.05, 3.63) is 89.8 Å². The topological polar surface area (TPSA) is 26.3 Å². The predicted molar refractivity (Wildman–Crippen MR) is 127 cm³/mol. The van der Waals surface area contributed by atoms with Crippen molar-refractivity contribution in [3.8, 4) is 17.6 Å². The van der Waals surface area contributed by atoms with Crippen LogP contribution < -0.4 is 4.74 Å². The summed E-state index contributed by atoms with van der Waals surface area (Å²) in [5.41, 5.74) is 0.282. The highest BCUT2D eigenvalue weighted by atomic mass is 19.2. The Hall–Kier alpha value is -3.52. The molecule has 5 heteroatoms. The number of fused-ring (bicyclic) bond motifs is 1. The van der Waals surface area contributed by atoms with Crippen LogP contribution in [0, 0.1) is 41.1 Å². The quantitative estimate of drug-likeness (QED) is 0.169. The Bertz CT molecular complexity index is 1280. The Morgan fingerprint density at radius 3 is 2.53 bits per heavy atom. The molecule has 3 aromatic carbocycles. The first-order valence-electron chi connectivity index (χ1n) is 11.5. The minimum absolute atomic E-state index is 0.0687. The van der Waals surface area contributed by atoms with Crippen molar-refractivity contribution in [1.82, 2.24) is 0 Å². The number of rotatable bonds is 5. The van der Waals surface area contributed by atoms with E-state index in [0.29, 0.717) is 16.9 Å². The highest BCUT2D eigenvalue weighted by molar-refractivity contribution is 5.92. The number of hydrogen-bond acceptors (Lipinski definition) is 2. The maximum Gasteiger partial charge on any atom is 0.346 e. The van der Waals surface area contributed by atoms with Crippen molar-refractivity contribution in [3.63, 3.8) is 0 Å². The van der Waals surface area contributed by atoms with Crippen molar-refractivity contribution < 1.29 is 22.7 Å². The van der Waals surface area contributed by atoms with E-state index in [-0.39, 0.29) is 16.7 Å². The predicted octanol–water partition coefficient (Wildman–Crippen LogP) is 7.60. The van der Waals surface area contributed by atoms with Gasteiger partial charge in [-0.3, -0.25) is 0 Å². The van der Waals surface area contributed by atoms with Gasteiger partial charge in [0.25, 0.3) is 0 Å². The maximum atomic E-state index is 14.6. The van der Waals surface area contributed by atoms with Crippen LogP contribution >= 0.6 is 0 Å². The number of esters is 1. The first kappa shape index (κ1) is 23.6. The van der Waals surface area contributed by atoms with Crippen LogP contribution in [0.3, 0.4) is 0 Å². The molecular formula is C29H25F3O2. The summed E-state index contributed by atoms with van der Waals surface area (Å²) in [6.07, 6.45) is 8.60. The van der Waals surface area contributed by atoms with E-state index in [4.69, 9.17) is 4.74 Å². The number of hydrogen-bond donors (Lipinski definition) is 0. The van der Waals surface area contributed by atoms with Crippen LogP contribution in [0.2, 0.25) is 0 Å². The lowest BCUT2D eigenvalue weighted by Gasteiger charge is -2.25. The zero-order valence-electron chi connectivity index (χ0n) is 18.8. The number of carbonyl (C=O) groups is 1. The van der Waals surface area contributed by atoms with Crippen LogP contribution in [-0.4, -0.2) is 5.97 Å². The zero-order chi connectivity index (χ0) is 24.1. The van der Waals surface area contributed by atoms with Crippen molar-refractivity contribution in [2.45, 2.75) is 38.5 Å². The fraction of sp³-hybridized carbons (Fsp3) is 0.276. The molecule has 0 aromatic heterocycles. The molecule has 0 unspecified atom stereocenters. The lowest BCUT2D eigenvalue weighted by Crippen LogP contribution is -2.13. The molecule has 0 spiro atoms. The van der Waals surface area contributed by atoms with Gasteiger partial charge in [0.1, 0.15) is 11.6 Å². The number of benzene rings is 3. The van der Waals surface area contributed by atoms with Gasteiger partial charge in [-0.15, -0.1) is 6.58 Å². The summed E-state index contributed by atoms with van der Waals surface area (Å²) in [4.78, 5) is 12.5. The average molecular weight is 463 g/mol. The van der Waals surface area contributed by atoms with E-state index in [1.54, 1.807) is 6.07 Å². The van der Waals surface area contributed by atoms with Gasteiger partial charge in [-0.2, -0.15) is 0 Å². The molecule has 1 aliphatic carbocycles. The van der Waals surface area contributed by atoms with Gasteiger partial charge in [0, 0.05) is 16.9 Å². The Kier molecular flexibility index (Phi) is 7.37. The lowest BCUT2D eigenvalue weighted by molar-refractivity contribution is 0.0730. The molecule has 0 aliphatic heterocycles. The molecule has 1 fully saturated rings. The molecule has 4 rings (SSSR count). The molecule has 1 saturated carbocycles. The summed E-state index contributed by atoms with van der Waals surface area (Å²) in [6, 6.07) is 10.6. The second-order valence-corrected chi connectivity index (χ2v) is 8.68. The third-order valence-electron chi connectivity index (χ3n) is 6.32. The first-order chi connectivity index (χ1) is 16.4. The summed E-state index contributed by atoms with van der Waals surface area (Å²) in [5, 5.41) is 0.434. The first-order valence-corrected chi connectivity index (χ1v) is 11.5. The normalized spacial score (nSPS) is 17.6. The van der Waals surface area contributed by atoms with Crippen molar-refractivity contribution in [1.29, 1.82) is 0 Å². The van der Waals surface area contributed by atoms with Gasteiger partial charge in [0.15, 0.2) is 11.6 Å². The Labute approximate surface area is 197 Å². The number of ether oxygens (including phenoxy) is 1. The lowest BCUT2D eigenvalue weighted by atomic mass is 9.80. The van der Waals surface area contributed by atoms with E-state index < -0.39 is 23.4 Å². The molecule has 34 heavy (non-hydrogen) atoms. The molecule has 0 heterocycles. The molecule has 0 saturated heterocycles. The number of carbonyl (C=O) groups excluding carboxylic acids is 1. The largest absolute Gasteiger partial charge is 0.423 e. The molecule has 2 nitrogen and oxygen atoms in total. The second kappa shape index (κ2) is 10.6. The van der Waals surface area contributed by atoms with Gasteiger partial charge >= 0.3 is 5.97 Å². The van der Waals surface area contributed by atoms with E-state index in [9.17, 15) is 18.0 Å². The van der Waals surface area contributed by atoms with Gasteiger partial charge in [0.05, 0.1) is 5.56 Å². The van der Waals surface area contributed by atoms with Crippen molar-refractivity contribution in [2.75, 3.05) is 0 Å². The third kappa shape index (κ3) is 5.51. The zero-order valence-corrected chi connectivity index (χ0v) is 18.8. The van der Waals surface area contributed by atoms with Crippen LogP contribution in [0.1, 0.15) is 54.4 Å². The highest BCUT2D eigenvalue weighted by Gasteiger charge is 2.19. The second-order valence-electron chi connectivity index (χ2n) is 8.68. The number of halogens is 3. The molecule has 174 valence electrons. The van der Waals surface area contributed by atoms with Crippen molar-refractivity contribution in [2.24, 2.45) is 11.8 Å². The van der Waals surface area contributed by atoms with E-state index >= 15 is 0 Å². The van der Waals surface area contributed by atoms with Crippen LogP contribution in [-0.2, 0) is 0 Å². The van der Waals surface area contributed by atoms with Crippen LogP contribution in [0.15, 0.2) is 61.2 Å². The van der Waals surface area contributed by atoms with Crippen LogP contribution in [0.4, 0.5) is 13.2 Å². The standard InChI is InChI=1S/C29H25F3O2/c1-2-3-4-19-5-7-20(8-6-19)9-10-21-11-14-25(27(31)17-21)29(33)34-23-13-15-24-22(18-23)12-16-26(30)28(24)32/h2,11-20H,1,3-8H2. The van der Waals surface area contributed by atoms with E-state index in [1.165, 1.54) is 42.8 Å². The summed E-state index contributed by atoms with van der Waals surface area (Å²) < 4.78 is 47.1. The van der Waals surface area contributed by atoms with E-state index in [1.807, 2.05) is 6.08 Å². The van der Waals surface area contributed by atoms with Gasteiger partial charge in [-0.25, -0.2) is 18.0 Å². The highest BCUT2D eigenvalue weighted by Crippen LogP contribution is 2.31. The van der Waals surface area contributed by atoms with E-state index in [0.717, 1.165) is 44.1 Å². The molecule has 0 radical (unpaired) electrons. The van der Waals surface area contributed by atoms with Crippen LogP contribution in [0.25, 0.3) is 10.8 Å². The number of allylic oxidation sites excluding steroid dienone is 1. The molecule has 0 atom stereocenters. The minimum atomic E-state index is -0.973. The fourth-order valence-corrected chi connectivity index (χ4v) is 4.36. The summed E-state index contributed by atoms with van der Waals surface area (Å²) in [6.45, 7) is 3.78. The smallest absolute Gasteiger partial charge is 0.346 e. The molecular weight excluding hydrogens is 437 g/mol. The minimum Gasteiger partial charge on any atom is -0.423 e. The SMILES string of the molecule is C=CCCC1CCC(C#Cc2ccc(C(=O)Oc3ccc4c(F)c(F)ccc4c3)c(F)c2)CC1. The summed E-state index contributed by atoms with van der Waals surface area (Å²) in [5.74, 6) is 3.89. The van der Waals surface area contributed by atoms with Crippen molar-refractivity contribution >= 4 is 16.7 Å². The van der Waals surface area contributed by atoms with Gasteiger partial charge in [-0.05, 0) is 92.3 Å². The summed E-state index contributed by atoms with van der Waals surface area (Å²) in [7, 11) is 0. The molecule has 1 aliphatic rings. The Balaban J connectivity index is 1.40. The monoisotopic (exact) mass is 462 g/mol. The maximum absolute atomic E-state index is 14.6. The van der Waals surface area contributed by atoms with E-state index in [2.05, 4.69) is 18.4 Å². The third-order valence-corrected chi connectivity index (χ3v) is 6.32. The van der Waals surface area contributed by atoms with Gasteiger partial charge in [-0.1, -0.05) is 24.0 Å². The summed E-state index contributed by atoms with van der Waals surface area (Å²) >= 11 is 0.